The van der Waals surface area contributed by atoms with Crippen molar-refractivity contribution < 1.29 is 14.0 Å². The van der Waals surface area contributed by atoms with Gasteiger partial charge >= 0.3 is 0 Å². The van der Waals surface area contributed by atoms with Gasteiger partial charge in [0.25, 0.3) is 5.91 Å². The summed E-state index contributed by atoms with van der Waals surface area (Å²) in [5.74, 6) is -1.28. The zero-order chi connectivity index (χ0) is 21.0. The summed E-state index contributed by atoms with van der Waals surface area (Å²) in [4.78, 5) is 28.0. The van der Waals surface area contributed by atoms with Crippen LogP contribution in [0.15, 0.2) is 60.0 Å². The third-order valence-corrected chi connectivity index (χ3v) is 4.53. The monoisotopic (exact) mass is 412 g/mol. The predicted octanol–water partition coefficient (Wildman–Crippen LogP) is 3.98. The van der Waals surface area contributed by atoms with Gasteiger partial charge in [-0.15, -0.1) is 5.10 Å². The van der Waals surface area contributed by atoms with Crippen molar-refractivity contribution in [1.82, 2.24) is 14.9 Å². The Morgan fingerprint density at radius 2 is 1.72 bits per heavy atom. The van der Waals surface area contributed by atoms with E-state index in [4.69, 9.17) is 0 Å². The van der Waals surface area contributed by atoms with Gasteiger partial charge in [0.15, 0.2) is 5.69 Å². The molecule has 1 aromatic heterocycles. The molecule has 29 heavy (non-hydrogen) atoms. The van der Waals surface area contributed by atoms with Gasteiger partial charge in [-0.3, -0.25) is 14.5 Å². The van der Waals surface area contributed by atoms with Crippen LogP contribution in [0.1, 0.15) is 42.9 Å². The van der Waals surface area contributed by atoms with Gasteiger partial charge < -0.3 is 5.32 Å². The molecule has 2 aromatic carbocycles. The molecule has 8 heteroatoms. The lowest BCUT2D eigenvalue weighted by molar-refractivity contribution is -0.123. The van der Waals surface area contributed by atoms with Gasteiger partial charge in [0.1, 0.15) is 11.9 Å². The minimum absolute atomic E-state index is 0.134. The molecule has 0 spiro atoms. The van der Waals surface area contributed by atoms with E-state index in [9.17, 15) is 14.0 Å². The number of hydrogen-bond donors (Lipinski definition) is 1. The Labute approximate surface area is 172 Å². The Hall–Kier alpha value is -3.13. The van der Waals surface area contributed by atoms with E-state index >= 15 is 0 Å². The molecule has 3 aromatic rings. The molecule has 6 nitrogen and oxygen atoms in total. The highest BCUT2D eigenvalue weighted by Gasteiger charge is 2.35. The number of hydrogen-bond acceptors (Lipinski definition) is 5. The van der Waals surface area contributed by atoms with Crippen LogP contribution < -0.4 is 10.2 Å². The average Bonchev–Trinajstić information content (AvgIpc) is 3.20. The number of amides is 2. The minimum Gasteiger partial charge on any atom is -0.349 e. The van der Waals surface area contributed by atoms with Crippen LogP contribution in [0.4, 0.5) is 10.1 Å². The number of nitrogens with one attached hydrogen (secondary N) is 1. The number of carbonyl (C=O) groups excluding carboxylic acids is 2. The smallest absolute Gasteiger partial charge is 0.280 e. The molecule has 0 saturated carbocycles. The summed E-state index contributed by atoms with van der Waals surface area (Å²) < 4.78 is 17.3. The highest BCUT2D eigenvalue weighted by Crippen LogP contribution is 2.30. The van der Waals surface area contributed by atoms with Crippen LogP contribution in [-0.4, -0.2) is 26.9 Å². The molecule has 0 radical (unpaired) electrons. The third-order valence-electron chi connectivity index (χ3n) is 4.02. The second-order valence-electron chi connectivity index (χ2n) is 7.49. The van der Waals surface area contributed by atoms with Crippen molar-refractivity contribution in [3.05, 3.63) is 77.1 Å². The van der Waals surface area contributed by atoms with E-state index in [0.29, 0.717) is 11.3 Å². The van der Waals surface area contributed by atoms with Crippen LogP contribution in [0.5, 0.6) is 0 Å². The van der Waals surface area contributed by atoms with E-state index in [2.05, 4.69) is 14.9 Å². The zero-order valence-electron chi connectivity index (χ0n) is 16.3. The summed E-state index contributed by atoms with van der Waals surface area (Å²) in [6.07, 6.45) is 0. The third kappa shape index (κ3) is 5.03. The summed E-state index contributed by atoms with van der Waals surface area (Å²) in [6.45, 7) is 5.56. The maximum absolute atomic E-state index is 13.5. The average molecular weight is 412 g/mol. The van der Waals surface area contributed by atoms with Crippen molar-refractivity contribution in [3.63, 3.8) is 0 Å². The number of benzene rings is 2. The normalized spacial score (nSPS) is 12.3. The molecule has 1 N–H and O–H groups in total. The quantitative estimate of drug-likeness (QED) is 0.688. The summed E-state index contributed by atoms with van der Waals surface area (Å²) in [5, 5.41) is 8.32. The Kier molecular flexibility index (Phi) is 6.03. The highest BCUT2D eigenvalue weighted by molar-refractivity contribution is 7.03. The molecule has 0 bridgehead atoms. The van der Waals surface area contributed by atoms with E-state index < -0.39 is 23.3 Å². The van der Waals surface area contributed by atoms with Crippen molar-refractivity contribution in [2.45, 2.75) is 32.4 Å². The Balaban J connectivity index is 2.15. The molecule has 150 valence electrons. The number of anilines is 1. The maximum atomic E-state index is 13.5. The molecule has 2 amide bonds. The van der Waals surface area contributed by atoms with Crippen LogP contribution in [0, 0.1) is 5.82 Å². The molecule has 1 heterocycles. The first-order valence-electron chi connectivity index (χ1n) is 8.99. The molecule has 0 aliphatic carbocycles. The number of halogens is 1. The van der Waals surface area contributed by atoms with E-state index in [1.165, 1.54) is 34.5 Å². The summed E-state index contributed by atoms with van der Waals surface area (Å²) in [6, 6.07) is 13.4. The fourth-order valence-electron chi connectivity index (χ4n) is 2.85. The SMILES string of the molecule is CC(C)(C)NC(=O)[C@H](c1ccc(F)cc1)N(C(=O)c1csnn1)c1ccccc1. The van der Waals surface area contributed by atoms with Gasteiger partial charge in [-0.1, -0.05) is 34.8 Å². The maximum Gasteiger partial charge on any atom is 0.280 e. The van der Waals surface area contributed by atoms with Crippen molar-refractivity contribution in [3.8, 4) is 0 Å². The van der Waals surface area contributed by atoms with Crippen molar-refractivity contribution >= 4 is 29.0 Å². The number of nitrogens with zero attached hydrogens (tertiary/aromatic N) is 3. The topological polar surface area (TPSA) is 75.2 Å². The molecule has 1 atom stereocenters. The lowest BCUT2D eigenvalue weighted by atomic mass is 10.0. The molecule has 0 aliphatic heterocycles. The van der Waals surface area contributed by atoms with Gasteiger partial charge in [0, 0.05) is 16.6 Å². The number of para-hydroxylation sites is 1. The summed E-state index contributed by atoms with van der Waals surface area (Å²) in [5.41, 5.74) is 0.607. The molecule has 3 rings (SSSR count). The summed E-state index contributed by atoms with van der Waals surface area (Å²) >= 11 is 1.05. The molecular formula is C21H21FN4O2S. The molecule has 0 saturated heterocycles. The Bertz CT molecular complexity index is 970. The van der Waals surface area contributed by atoms with Crippen molar-refractivity contribution in [2.24, 2.45) is 0 Å². The fourth-order valence-corrected chi connectivity index (χ4v) is 3.28. The van der Waals surface area contributed by atoms with Gasteiger partial charge in [0.2, 0.25) is 5.91 Å². The van der Waals surface area contributed by atoms with Gasteiger partial charge in [-0.05, 0) is 62.1 Å². The lowest BCUT2D eigenvalue weighted by Crippen LogP contribution is -2.49. The Morgan fingerprint density at radius 3 is 2.28 bits per heavy atom. The molecule has 0 unspecified atom stereocenters. The van der Waals surface area contributed by atoms with Gasteiger partial charge in [-0.25, -0.2) is 4.39 Å². The fraction of sp³-hybridized carbons (Fsp3) is 0.238. The Morgan fingerprint density at radius 1 is 1.07 bits per heavy atom. The van der Waals surface area contributed by atoms with Crippen LogP contribution in [0.3, 0.4) is 0 Å². The minimum atomic E-state index is -1.02. The van der Waals surface area contributed by atoms with Crippen molar-refractivity contribution in [2.75, 3.05) is 4.90 Å². The lowest BCUT2D eigenvalue weighted by Gasteiger charge is -2.33. The van der Waals surface area contributed by atoms with E-state index in [1.807, 2.05) is 26.8 Å². The van der Waals surface area contributed by atoms with Gasteiger partial charge in [0.05, 0.1) is 0 Å². The number of carbonyl (C=O) groups is 2. The second kappa shape index (κ2) is 8.48. The van der Waals surface area contributed by atoms with Crippen LogP contribution in [0.25, 0.3) is 0 Å². The largest absolute Gasteiger partial charge is 0.349 e. The highest BCUT2D eigenvalue weighted by atomic mass is 32.1. The molecule has 0 aliphatic rings. The molecule has 0 fully saturated rings. The summed E-state index contributed by atoms with van der Waals surface area (Å²) in [7, 11) is 0. The van der Waals surface area contributed by atoms with Crippen LogP contribution >= 0.6 is 11.5 Å². The number of rotatable bonds is 5. The van der Waals surface area contributed by atoms with E-state index in [0.717, 1.165) is 11.5 Å². The first-order chi connectivity index (χ1) is 13.8. The van der Waals surface area contributed by atoms with E-state index in [1.54, 1.807) is 24.3 Å². The van der Waals surface area contributed by atoms with Crippen molar-refractivity contribution in [1.29, 1.82) is 0 Å². The second-order valence-corrected chi connectivity index (χ2v) is 8.10. The van der Waals surface area contributed by atoms with Gasteiger partial charge in [-0.2, -0.15) is 0 Å². The zero-order valence-corrected chi connectivity index (χ0v) is 17.1. The molecular weight excluding hydrogens is 391 g/mol. The van der Waals surface area contributed by atoms with E-state index in [-0.39, 0.29) is 11.6 Å². The first-order valence-corrected chi connectivity index (χ1v) is 9.83. The first kappa shape index (κ1) is 20.6. The predicted molar refractivity (Wildman–Crippen MR) is 110 cm³/mol. The van der Waals surface area contributed by atoms with Crippen LogP contribution in [-0.2, 0) is 4.79 Å². The number of aromatic nitrogens is 2. The van der Waals surface area contributed by atoms with Crippen LogP contribution in [0.2, 0.25) is 0 Å². The standard InChI is InChI=1S/C21H21FN4O2S/c1-21(2,3)23-19(27)18(14-9-11-15(22)12-10-14)26(16-7-5-4-6-8-16)20(28)17-13-29-25-24-17/h4-13,18H,1-3H3,(H,23,27)/t18-/m0/s1.